The molecule has 5 nitrogen and oxygen atoms in total. The summed E-state index contributed by atoms with van der Waals surface area (Å²) >= 11 is 0. The number of hydrogen-bond acceptors (Lipinski definition) is 4. The lowest BCUT2D eigenvalue weighted by Crippen LogP contribution is -2.12. The topological polar surface area (TPSA) is 46.3 Å². The van der Waals surface area contributed by atoms with E-state index in [1.54, 1.807) is 30.7 Å². The maximum atomic E-state index is 13.3. The van der Waals surface area contributed by atoms with Gasteiger partial charge in [-0.1, -0.05) is 0 Å². The van der Waals surface area contributed by atoms with Crippen LogP contribution in [0.25, 0.3) is 28.2 Å². The van der Waals surface area contributed by atoms with Crippen molar-refractivity contribution in [2.24, 2.45) is 0 Å². The van der Waals surface area contributed by atoms with Crippen molar-refractivity contribution in [3.05, 3.63) is 67.0 Å². The highest BCUT2D eigenvalue weighted by Gasteiger charge is 2.19. The molecule has 3 heterocycles. The van der Waals surface area contributed by atoms with Gasteiger partial charge in [0.2, 0.25) is 0 Å². The highest BCUT2D eigenvalue weighted by atomic mass is 19.1. The zero-order valence-electron chi connectivity index (χ0n) is 13.9. The molecule has 0 aliphatic carbocycles. The van der Waals surface area contributed by atoms with Crippen LogP contribution in [0, 0.1) is 5.82 Å². The van der Waals surface area contributed by atoms with E-state index in [0.29, 0.717) is 0 Å². The molecule has 124 valence electrons. The van der Waals surface area contributed by atoms with Gasteiger partial charge in [0, 0.05) is 50.0 Å². The molecule has 0 amide bonds. The summed E-state index contributed by atoms with van der Waals surface area (Å²) in [7, 11) is 3.86. The molecule has 0 aliphatic rings. The number of hydrogen-bond donors (Lipinski definition) is 0. The van der Waals surface area contributed by atoms with E-state index < -0.39 is 0 Å². The quantitative estimate of drug-likeness (QED) is 0.574. The molecule has 0 bridgehead atoms. The number of benzene rings is 1. The Kier molecular flexibility index (Phi) is 3.65. The van der Waals surface area contributed by atoms with Gasteiger partial charge < -0.3 is 4.90 Å². The molecule has 0 saturated heterocycles. The third-order valence-corrected chi connectivity index (χ3v) is 4.00. The number of halogens is 1. The van der Waals surface area contributed by atoms with Crippen LogP contribution in [-0.4, -0.2) is 33.4 Å². The first kappa shape index (κ1) is 15.3. The molecule has 0 aliphatic heterocycles. The highest BCUT2D eigenvalue weighted by Crippen LogP contribution is 2.34. The summed E-state index contributed by atoms with van der Waals surface area (Å²) in [5.74, 6) is 0.493. The largest absolute Gasteiger partial charge is 0.360 e. The second-order valence-corrected chi connectivity index (χ2v) is 5.90. The molecular formula is C19H16FN5. The molecule has 0 fully saturated rings. The number of anilines is 1. The van der Waals surface area contributed by atoms with Crippen LogP contribution < -0.4 is 4.90 Å². The van der Waals surface area contributed by atoms with Crippen LogP contribution in [0.5, 0.6) is 0 Å². The zero-order valence-corrected chi connectivity index (χ0v) is 13.9. The Morgan fingerprint density at radius 2 is 1.80 bits per heavy atom. The predicted molar refractivity (Wildman–Crippen MR) is 95.9 cm³/mol. The summed E-state index contributed by atoms with van der Waals surface area (Å²) in [5.41, 5.74) is 4.19. The van der Waals surface area contributed by atoms with E-state index >= 15 is 0 Å². The molecule has 0 saturated carbocycles. The Bertz CT molecular complexity index is 1020. The van der Waals surface area contributed by atoms with E-state index in [2.05, 4.69) is 9.97 Å². The molecular weight excluding hydrogens is 317 g/mol. The monoisotopic (exact) mass is 333 g/mol. The molecule has 1 aromatic carbocycles. The first-order valence-corrected chi connectivity index (χ1v) is 7.86. The average Bonchev–Trinajstić information content (AvgIpc) is 3.02. The van der Waals surface area contributed by atoms with Crippen molar-refractivity contribution in [3.8, 4) is 22.5 Å². The lowest BCUT2D eigenvalue weighted by molar-refractivity contribution is 0.628. The summed E-state index contributed by atoms with van der Waals surface area (Å²) < 4.78 is 15.3. The van der Waals surface area contributed by atoms with Crippen LogP contribution in [0.15, 0.2) is 61.2 Å². The molecule has 0 N–H and O–H groups in total. The summed E-state index contributed by atoms with van der Waals surface area (Å²) in [5, 5.41) is 0. The summed E-state index contributed by atoms with van der Waals surface area (Å²) in [6.07, 6.45) is 7.16. The molecule has 4 aromatic rings. The molecule has 0 unspecified atom stereocenters. The fourth-order valence-electron chi connectivity index (χ4n) is 2.87. The lowest BCUT2D eigenvalue weighted by atomic mass is 10.1. The predicted octanol–water partition coefficient (Wildman–Crippen LogP) is 3.66. The smallest absolute Gasteiger partial charge is 0.181 e. The number of aromatic nitrogens is 4. The summed E-state index contributed by atoms with van der Waals surface area (Å²) in [6.45, 7) is 0. The van der Waals surface area contributed by atoms with Crippen LogP contribution in [0.3, 0.4) is 0 Å². The van der Waals surface area contributed by atoms with E-state index in [0.717, 1.165) is 34.0 Å². The molecule has 0 radical (unpaired) electrons. The molecule has 4 rings (SSSR count). The Balaban J connectivity index is 2.07. The van der Waals surface area contributed by atoms with Crippen molar-refractivity contribution in [1.82, 2.24) is 19.4 Å². The van der Waals surface area contributed by atoms with Crippen LogP contribution >= 0.6 is 0 Å². The standard InChI is InChI=1S/C19H16FN5/c1-24(2)18-19-23-16(13-5-7-15(20)8-6-13)17(25(19)11-10-22-18)14-4-3-9-21-12-14/h3-12H,1-2H3. The van der Waals surface area contributed by atoms with Gasteiger partial charge in [0.25, 0.3) is 0 Å². The van der Waals surface area contributed by atoms with Crippen molar-refractivity contribution in [2.75, 3.05) is 19.0 Å². The minimum absolute atomic E-state index is 0.272. The van der Waals surface area contributed by atoms with Gasteiger partial charge in [0.15, 0.2) is 11.5 Å². The third kappa shape index (κ3) is 2.61. The van der Waals surface area contributed by atoms with Gasteiger partial charge in [-0.05, 0) is 36.4 Å². The van der Waals surface area contributed by atoms with Gasteiger partial charge >= 0.3 is 0 Å². The Morgan fingerprint density at radius 1 is 1.00 bits per heavy atom. The normalized spacial score (nSPS) is 11.0. The SMILES string of the molecule is CN(C)c1nccn2c(-c3cccnc3)c(-c3ccc(F)cc3)nc12. The lowest BCUT2D eigenvalue weighted by Gasteiger charge is -2.12. The van der Waals surface area contributed by atoms with Gasteiger partial charge in [-0.3, -0.25) is 9.38 Å². The highest BCUT2D eigenvalue weighted by molar-refractivity contribution is 5.84. The molecule has 0 spiro atoms. The van der Waals surface area contributed by atoms with Crippen molar-refractivity contribution >= 4 is 11.5 Å². The average molecular weight is 333 g/mol. The summed E-state index contributed by atoms with van der Waals surface area (Å²) in [4.78, 5) is 15.4. The van der Waals surface area contributed by atoms with E-state index in [9.17, 15) is 4.39 Å². The second kappa shape index (κ2) is 5.98. The van der Waals surface area contributed by atoms with Gasteiger partial charge in [-0.15, -0.1) is 0 Å². The van der Waals surface area contributed by atoms with Crippen LogP contribution in [0.4, 0.5) is 10.2 Å². The minimum Gasteiger partial charge on any atom is -0.360 e. The number of imidazole rings is 1. The van der Waals surface area contributed by atoms with Gasteiger partial charge in [-0.2, -0.15) is 0 Å². The molecule has 3 aromatic heterocycles. The van der Waals surface area contributed by atoms with Crippen molar-refractivity contribution in [2.45, 2.75) is 0 Å². The number of pyridine rings is 1. The van der Waals surface area contributed by atoms with Crippen LogP contribution in [-0.2, 0) is 0 Å². The first-order chi connectivity index (χ1) is 12.1. The van der Waals surface area contributed by atoms with Crippen LogP contribution in [0.2, 0.25) is 0 Å². The van der Waals surface area contributed by atoms with E-state index in [1.165, 1.54) is 12.1 Å². The van der Waals surface area contributed by atoms with E-state index in [1.807, 2.05) is 41.7 Å². The summed E-state index contributed by atoms with van der Waals surface area (Å²) in [6, 6.07) is 10.2. The molecule has 0 atom stereocenters. The molecule has 25 heavy (non-hydrogen) atoms. The van der Waals surface area contributed by atoms with Crippen molar-refractivity contribution in [1.29, 1.82) is 0 Å². The van der Waals surface area contributed by atoms with E-state index in [4.69, 9.17) is 4.98 Å². The maximum Gasteiger partial charge on any atom is 0.181 e. The van der Waals surface area contributed by atoms with Crippen molar-refractivity contribution in [3.63, 3.8) is 0 Å². The van der Waals surface area contributed by atoms with E-state index in [-0.39, 0.29) is 5.82 Å². The Hall–Kier alpha value is -3.28. The number of nitrogens with zero attached hydrogens (tertiary/aromatic N) is 5. The minimum atomic E-state index is -0.272. The third-order valence-electron chi connectivity index (χ3n) is 4.00. The van der Waals surface area contributed by atoms with Gasteiger partial charge in [0.1, 0.15) is 5.82 Å². The molecule has 6 heteroatoms. The Morgan fingerprint density at radius 3 is 2.48 bits per heavy atom. The van der Waals surface area contributed by atoms with Gasteiger partial charge in [-0.25, -0.2) is 14.4 Å². The first-order valence-electron chi connectivity index (χ1n) is 7.86. The second-order valence-electron chi connectivity index (χ2n) is 5.90. The zero-order chi connectivity index (χ0) is 17.4. The fraction of sp³-hybridized carbons (Fsp3) is 0.105. The number of rotatable bonds is 3. The Labute approximate surface area is 144 Å². The van der Waals surface area contributed by atoms with Crippen molar-refractivity contribution < 1.29 is 4.39 Å². The van der Waals surface area contributed by atoms with Crippen LogP contribution in [0.1, 0.15) is 0 Å². The number of fused-ring (bicyclic) bond motifs is 1. The van der Waals surface area contributed by atoms with Gasteiger partial charge in [0.05, 0.1) is 11.4 Å². The maximum absolute atomic E-state index is 13.3. The fourth-order valence-corrected chi connectivity index (χ4v) is 2.87.